The first kappa shape index (κ1) is 19.6. The van der Waals surface area contributed by atoms with Crippen molar-refractivity contribution < 1.29 is 18.8 Å². The highest BCUT2D eigenvalue weighted by Crippen LogP contribution is 2.20. The molecule has 0 bridgehead atoms. The van der Waals surface area contributed by atoms with Gasteiger partial charge in [0.2, 0.25) is 0 Å². The largest absolute Gasteiger partial charge is 0.465 e. The molecule has 1 aromatic carbocycles. The molecule has 2 heterocycles. The number of benzene rings is 1. The van der Waals surface area contributed by atoms with E-state index in [0.29, 0.717) is 22.7 Å². The van der Waals surface area contributed by atoms with E-state index in [2.05, 4.69) is 20.4 Å². The second-order valence-corrected chi connectivity index (χ2v) is 6.31. The zero-order chi connectivity index (χ0) is 19.9. The summed E-state index contributed by atoms with van der Waals surface area (Å²) in [6, 6.07) is 4.76. The van der Waals surface area contributed by atoms with Crippen LogP contribution in [0.2, 0.25) is 5.02 Å². The second kappa shape index (κ2) is 9.14. The van der Waals surface area contributed by atoms with Gasteiger partial charge in [0.15, 0.2) is 5.82 Å². The van der Waals surface area contributed by atoms with Crippen molar-refractivity contribution >= 4 is 23.5 Å². The molecule has 0 radical (unpaired) electrons. The fourth-order valence-electron chi connectivity index (χ4n) is 2.50. The number of ether oxygens (including phenoxy) is 1. The van der Waals surface area contributed by atoms with Crippen LogP contribution in [0.5, 0.6) is 0 Å². The minimum Gasteiger partial charge on any atom is -0.465 e. The summed E-state index contributed by atoms with van der Waals surface area (Å²) < 4.78 is 11.6. The maximum Gasteiger partial charge on any atom is 0.337 e. The number of aromatic nitrogens is 4. The van der Waals surface area contributed by atoms with Gasteiger partial charge in [-0.15, -0.1) is 0 Å². The van der Waals surface area contributed by atoms with Crippen LogP contribution in [-0.4, -0.2) is 45.2 Å². The Balaban J connectivity index is 1.56. The minimum atomic E-state index is -0.471. The molecule has 2 aromatic heterocycles. The van der Waals surface area contributed by atoms with E-state index in [0.717, 1.165) is 13.0 Å². The van der Waals surface area contributed by atoms with Crippen LogP contribution < -0.4 is 5.32 Å². The van der Waals surface area contributed by atoms with Gasteiger partial charge in [0.1, 0.15) is 0 Å². The number of esters is 1. The summed E-state index contributed by atoms with van der Waals surface area (Å²) in [5, 5.41) is 6.98. The van der Waals surface area contributed by atoms with Crippen LogP contribution in [0.15, 0.2) is 41.4 Å². The number of methoxy groups -OCH3 is 1. The molecule has 9 nitrogen and oxygen atoms in total. The quantitative estimate of drug-likeness (QED) is 0.452. The molecule has 0 saturated carbocycles. The van der Waals surface area contributed by atoms with Gasteiger partial charge in [0.25, 0.3) is 0 Å². The normalized spacial score (nSPS) is 10.6. The van der Waals surface area contributed by atoms with Crippen molar-refractivity contribution in [2.24, 2.45) is 0 Å². The molecule has 3 aromatic rings. The van der Waals surface area contributed by atoms with E-state index < -0.39 is 11.9 Å². The van der Waals surface area contributed by atoms with Crippen molar-refractivity contribution in [2.45, 2.75) is 19.4 Å². The lowest BCUT2D eigenvalue weighted by molar-refractivity contribution is 0.0600. The number of hydrogen-bond acceptors (Lipinski definition) is 7. The molecule has 1 N–H and O–H groups in total. The van der Waals surface area contributed by atoms with Gasteiger partial charge < -0.3 is 19.1 Å². The predicted octanol–water partition coefficient (Wildman–Crippen LogP) is 2.12. The smallest absolute Gasteiger partial charge is 0.337 e. The molecule has 28 heavy (non-hydrogen) atoms. The van der Waals surface area contributed by atoms with Gasteiger partial charge in [-0.1, -0.05) is 16.8 Å². The summed E-state index contributed by atoms with van der Waals surface area (Å²) in [4.78, 5) is 31.8. The number of carbonyl (C=O) groups is 2. The number of aryl methyl sites for hydroxylation is 1. The Kier molecular flexibility index (Phi) is 6.38. The topological polar surface area (TPSA) is 112 Å². The number of nitrogens with one attached hydrogen (secondary N) is 1. The van der Waals surface area contributed by atoms with Gasteiger partial charge in [0.05, 0.1) is 19.0 Å². The van der Waals surface area contributed by atoms with Crippen molar-refractivity contribution in [1.82, 2.24) is 25.0 Å². The van der Waals surface area contributed by atoms with Crippen LogP contribution >= 0.6 is 11.6 Å². The van der Waals surface area contributed by atoms with Crippen molar-refractivity contribution in [3.63, 3.8) is 0 Å². The molecule has 0 saturated heterocycles. The van der Waals surface area contributed by atoms with Gasteiger partial charge in [-0.25, -0.2) is 9.78 Å². The number of imidazole rings is 1. The van der Waals surface area contributed by atoms with E-state index >= 15 is 0 Å². The molecule has 0 atom stereocenters. The Morgan fingerprint density at radius 1 is 1.36 bits per heavy atom. The Hall–Kier alpha value is -3.20. The van der Waals surface area contributed by atoms with Crippen LogP contribution in [0.1, 0.15) is 38.9 Å². The molecule has 0 aliphatic carbocycles. The standard InChI is InChI=1S/C18H18ClN5O4/c1-27-18(26)12-3-4-14(19)13(9-12)10-15-22-17(28-23-15)16(25)21-5-2-7-24-8-6-20-11-24/h3-4,6,8-9,11H,2,5,7,10H2,1H3,(H,21,25). The van der Waals surface area contributed by atoms with Crippen LogP contribution in [0.3, 0.4) is 0 Å². The average Bonchev–Trinajstić information content (AvgIpc) is 3.38. The van der Waals surface area contributed by atoms with E-state index in [1.807, 2.05) is 10.8 Å². The van der Waals surface area contributed by atoms with E-state index in [9.17, 15) is 9.59 Å². The van der Waals surface area contributed by atoms with E-state index in [1.54, 1.807) is 30.7 Å². The summed E-state index contributed by atoms with van der Waals surface area (Å²) in [6.07, 6.45) is 6.21. The lowest BCUT2D eigenvalue weighted by atomic mass is 10.1. The molecule has 0 unspecified atom stereocenters. The molecule has 3 rings (SSSR count). The number of carbonyl (C=O) groups excluding carboxylic acids is 2. The molecular weight excluding hydrogens is 386 g/mol. The highest BCUT2D eigenvalue weighted by atomic mass is 35.5. The number of rotatable bonds is 8. The second-order valence-electron chi connectivity index (χ2n) is 5.90. The lowest BCUT2D eigenvalue weighted by Crippen LogP contribution is -2.25. The van der Waals surface area contributed by atoms with Crippen molar-refractivity contribution in [3.05, 3.63) is 64.8 Å². The Morgan fingerprint density at radius 3 is 2.96 bits per heavy atom. The fraction of sp³-hybridized carbons (Fsp3) is 0.278. The molecule has 146 valence electrons. The summed E-state index contributed by atoms with van der Waals surface area (Å²) >= 11 is 6.17. The van der Waals surface area contributed by atoms with Crippen LogP contribution in [0, 0.1) is 0 Å². The monoisotopic (exact) mass is 403 g/mol. The Bertz CT molecular complexity index is 955. The summed E-state index contributed by atoms with van der Waals surface area (Å²) in [6.45, 7) is 1.20. The van der Waals surface area contributed by atoms with Crippen molar-refractivity contribution in [2.75, 3.05) is 13.7 Å². The third kappa shape index (κ3) is 4.95. The van der Waals surface area contributed by atoms with Crippen LogP contribution in [0.4, 0.5) is 0 Å². The fourth-order valence-corrected chi connectivity index (χ4v) is 2.69. The molecule has 0 fully saturated rings. The maximum atomic E-state index is 12.1. The molecule has 0 spiro atoms. The van der Waals surface area contributed by atoms with E-state index in [4.69, 9.17) is 20.9 Å². The van der Waals surface area contributed by atoms with Gasteiger partial charge in [-0.2, -0.15) is 4.98 Å². The minimum absolute atomic E-state index is 0.127. The molecule has 10 heteroatoms. The summed E-state index contributed by atoms with van der Waals surface area (Å²) in [5.74, 6) is -0.758. The number of halogens is 1. The van der Waals surface area contributed by atoms with Crippen molar-refractivity contribution in [1.29, 1.82) is 0 Å². The third-order valence-electron chi connectivity index (χ3n) is 3.92. The molecule has 0 aliphatic rings. The van der Waals surface area contributed by atoms with E-state index in [-0.39, 0.29) is 18.1 Å². The van der Waals surface area contributed by atoms with Gasteiger partial charge >= 0.3 is 17.8 Å². The maximum absolute atomic E-state index is 12.1. The molecular formula is C18H18ClN5O4. The first-order valence-electron chi connectivity index (χ1n) is 8.50. The number of amides is 1. The Labute approximate surface area is 165 Å². The first-order valence-corrected chi connectivity index (χ1v) is 8.88. The zero-order valence-corrected chi connectivity index (χ0v) is 15.8. The average molecular weight is 404 g/mol. The summed E-state index contributed by atoms with van der Waals surface area (Å²) in [7, 11) is 1.30. The molecule has 1 amide bonds. The molecule has 0 aliphatic heterocycles. The van der Waals surface area contributed by atoms with Crippen LogP contribution in [0.25, 0.3) is 0 Å². The lowest BCUT2D eigenvalue weighted by Gasteiger charge is -2.04. The summed E-state index contributed by atoms with van der Waals surface area (Å²) in [5.41, 5.74) is 0.985. The highest BCUT2D eigenvalue weighted by molar-refractivity contribution is 6.31. The van der Waals surface area contributed by atoms with Gasteiger partial charge in [-0.3, -0.25) is 4.79 Å². The van der Waals surface area contributed by atoms with E-state index in [1.165, 1.54) is 7.11 Å². The predicted molar refractivity (Wildman–Crippen MR) is 99.1 cm³/mol. The van der Waals surface area contributed by atoms with Crippen LogP contribution in [-0.2, 0) is 17.7 Å². The number of nitrogens with zero attached hydrogens (tertiary/aromatic N) is 4. The first-order chi connectivity index (χ1) is 13.6. The highest BCUT2D eigenvalue weighted by Gasteiger charge is 2.16. The SMILES string of the molecule is COC(=O)c1ccc(Cl)c(Cc2noc(C(=O)NCCCn3ccnc3)n2)c1. The Morgan fingerprint density at radius 2 is 2.21 bits per heavy atom. The van der Waals surface area contributed by atoms with Gasteiger partial charge in [0, 0.05) is 36.9 Å². The third-order valence-corrected chi connectivity index (χ3v) is 4.28. The zero-order valence-electron chi connectivity index (χ0n) is 15.1. The number of hydrogen-bond donors (Lipinski definition) is 1. The van der Waals surface area contributed by atoms with Gasteiger partial charge in [-0.05, 0) is 30.2 Å². The van der Waals surface area contributed by atoms with Crippen molar-refractivity contribution in [3.8, 4) is 0 Å².